The molecule has 3 N–H and O–H groups in total. The predicted octanol–water partition coefficient (Wildman–Crippen LogP) is 5.18. The van der Waals surface area contributed by atoms with E-state index in [-0.39, 0.29) is 0 Å². The highest BCUT2D eigenvalue weighted by molar-refractivity contribution is 14.1. The molecule has 0 saturated heterocycles. The normalized spacial score (nSPS) is 11.5. The van der Waals surface area contributed by atoms with E-state index >= 15 is 8.78 Å². The maximum Gasteiger partial charge on any atom is 0.337 e. The third kappa shape index (κ3) is 5.76. The predicted molar refractivity (Wildman–Crippen MR) is 141 cm³/mol. The fourth-order valence-electron chi connectivity index (χ4n) is 3.63. The summed E-state index contributed by atoms with van der Waals surface area (Å²) in [6, 6.07) is 10.9. The Bertz CT molecular complexity index is 1530. The van der Waals surface area contributed by atoms with Gasteiger partial charge in [-0.2, -0.15) is 4.72 Å². The molecular formula is C25H19F2IN4O4S. The summed E-state index contributed by atoms with van der Waals surface area (Å²) in [5.74, 6) is -5.01. The average molecular weight is 636 g/mol. The molecular weight excluding hydrogens is 617 g/mol. The lowest BCUT2D eigenvalue weighted by Crippen LogP contribution is -2.31. The highest BCUT2D eigenvalue weighted by atomic mass is 127. The molecule has 0 aliphatic heterocycles. The number of carboxylic acid groups (broad SMARTS) is 1. The molecule has 0 amide bonds. The van der Waals surface area contributed by atoms with Crippen LogP contribution < -0.4 is 10.0 Å². The number of halogens is 3. The van der Waals surface area contributed by atoms with Gasteiger partial charge in [-0.15, -0.1) is 0 Å². The Hall–Kier alpha value is -3.49. The van der Waals surface area contributed by atoms with Gasteiger partial charge in [0.05, 0.1) is 17.3 Å². The Morgan fingerprint density at radius 3 is 2.14 bits per heavy atom. The monoisotopic (exact) mass is 636 g/mol. The number of carbonyl (C=O) groups is 1. The van der Waals surface area contributed by atoms with Crippen LogP contribution in [0.25, 0.3) is 0 Å². The number of sulfonamides is 1. The van der Waals surface area contributed by atoms with Crippen molar-refractivity contribution in [3.05, 3.63) is 111 Å². The van der Waals surface area contributed by atoms with Crippen molar-refractivity contribution >= 4 is 50.0 Å². The van der Waals surface area contributed by atoms with E-state index in [1.54, 1.807) is 49.4 Å². The Balaban J connectivity index is 1.80. The first-order chi connectivity index (χ1) is 17.6. The molecule has 4 rings (SSSR count). The van der Waals surface area contributed by atoms with E-state index in [0.717, 1.165) is 3.57 Å². The molecule has 190 valence electrons. The molecule has 37 heavy (non-hydrogen) atoms. The molecule has 0 aliphatic rings. The number of aromatic nitrogens is 2. The number of pyridine rings is 2. The molecule has 0 saturated carbocycles. The largest absolute Gasteiger partial charge is 0.478 e. The minimum atomic E-state index is -4.78. The van der Waals surface area contributed by atoms with Crippen molar-refractivity contribution in [2.45, 2.75) is 17.9 Å². The maximum atomic E-state index is 15.3. The number of rotatable bonds is 8. The van der Waals surface area contributed by atoms with Gasteiger partial charge in [0.1, 0.15) is 4.90 Å². The summed E-state index contributed by atoms with van der Waals surface area (Å²) >= 11 is 2.08. The minimum Gasteiger partial charge on any atom is -0.478 e. The summed E-state index contributed by atoms with van der Waals surface area (Å²) in [5.41, 5.74) is 0.359. The number of carboxylic acids is 1. The van der Waals surface area contributed by atoms with Crippen LogP contribution >= 0.6 is 22.6 Å². The highest BCUT2D eigenvalue weighted by Crippen LogP contribution is 2.33. The number of hydrogen-bond acceptors (Lipinski definition) is 6. The molecule has 0 fully saturated rings. The van der Waals surface area contributed by atoms with E-state index in [4.69, 9.17) is 0 Å². The van der Waals surface area contributed by atoms with E-state index in [9.17, 15) is 18.3 Å². The molecule has 2 heterocycles. The molecule has 0 spiro atoms. The number of nitrogens with zero attached hydrogens (tertiary/aromatic N) is 2. The highest BCUT2D eigenvalue weighted by Gasteiger charge is 2.31. The summed E-state index contributed by atoms with van der Waals surface area (Å²) in [7, 11) is -4.78. The standard InChI is InChI=1S/C25H19F2IN4O4S/c1-14-10-17(28)6-7-19(14)31-24-18(25(33)34)11-20(21(26)22(24)27)37(35,36)32-23(15-4-2-8-29-12-15)16-5-3-9-30-13-16/h2-13,23,31-32H,1H3,(H,33,34). The van der Waals surface area contributed by atoms with E-state index in [1.165, 1.54) is 24.8 Å². The van der Waals surface area contributed by atoms with Gasteiger partial charge in [-0.3, -0.25) is 9.97 Å². The zero-order valence-electron chi connectivity index (χ0n) is 19.1. The lowest BCUT2D eigenvalue weighted by Gasteiger charge is -2.20. The first kappa shape index (κ1) is 26.6. The van der Waals surface area contributed by atoms with Crippen LogP contribution in [0.1, 0.15) is 33.1 Å². The van der Waals surface area contributed by atoms with Crippen LogP contribution in [0.3, 0.4) is 0 Å². The lowest BCUT2D eigenvalue weighted by molar-refractivity contribution is 0.0697. The van der Waals surface area contributed by atoms with Crippen molar-refractivity contribution in [2.24, 2.45) is 0 Å². The van der Waals surface area contributed by atoms with Gasteiger partial charge in [0.15, 0.2) is 11.6 Å². The van der Waals surface area contributed by atoms with Gasteiger partial charge in [0, 0.05) is 34.0 Å². The Morgan fingerprint density at radius 2 is 1.62 bits per heavy atom. The average Bonchev–Trinajstić information content (AvgIpc) is 2.87. The first-order valence-electron chi connectivity index (χ1n) is 10.7. The summed E-state index contributed by atoms with van der Waals surface area (Å²) < 4.78 is 60.4. The van der Waals surface area contributed by atoms with Gasteiger partial charge in [0.2, 0.25) is 10.0 Å². The molecule has 0 bridgehead atoms. The fraction of sp³-hybridized carbons (Fsp3) is 0.0800. The number of aryl methyl sites for hydroxylation is 1. The summed E-state index contributed by atoms with van der Waals surface area (Å²) in [6.07, 6.45) is 5.81. The molecule has 8 nitrogen and oxygen atoms in total. The molecule has 12 heteroatoms. The van der Waals surface area contributed by atoms with E-state index < -0.39 is 49.8 Å². The molecule has 0 unspecified atom stereocenters. The Labute approximate surface area is 225 Å². The second kappa shape index (κ2) is 10.9. The van der Waals surface area contributed by atoms with Crippen LogP contribution in [0.5, 0.6) is 0 Å². The van der Waals surface area contributed by atoms with Gasteiger partial charge < -0.3 is 10.4 Å². The number of anilines is 2. The first-order valence-corrected chi connectivity index (χ1v) is 13.3. The fourth-order valence-corrected chi connectivity index (χ4v) is 5.59. The van der Waals surface area contributed by atoms with Crippen molar-refractivity contribution < 1.29 is 27.1 Å². The third-order valence-electron chi connectivity index (χ3n) is 5.45. The van der Waals surface area contributed by atoms with Crippen molar-refractivity contribution in [3.8, 4) is 0 Å². The van der Waals surface area contributed by atoms with Crippen molar-refractivity contribution in [2.75, 3.05) is 5.32 Å². The topological polar surface area (TPSA) is 121 Å². The summed E-state index contributed by atoms with van der Waals surface area (Å²) in [4.78, 5) is 18.8. The van der Waals surface area contributed by atoms with Crippen LogP contribution in [-0.2, 0) is 10.0 Å². The summed E-state index contributed by atoms with van der Waals surface area (Å²) in [6.45, 7) is 1.71. The lowest BCUT2D eigenvalue weighted by atomic mass is 10.0. The number of benzene rings is 2. The van der Waals surface area contributed by atoms with Crippen LogP contribution in [0.15, 0.2) is 78.2 Å². The van der Waals surface area contributed by atoms with Gasteiger partial charge in [0.25, 0.3) is 0 Å². The molecule has 2 aromatic heterocycles. The second-order valence-electron chi connectivity index (χ2n) is 7.94. The Morgan fingerprint density at radius 1 is 1.00 bits per heavy atom. The van der Waals surface area contributed by atoms with Crippen LogP contribution in [0.4, 0.5) is 20.2 Å². The van der Waals surface area contributed by atoms with Crippen LogP contribution in [0, 0.1) is 22.1 Å². The van der Waals surface area contributed by atoms with Gasteiger partial charge in [-0.25, -0.2) is 22.0 Å². The van der Waals surface area contributed by atoms with Gasteiger partial charge >= 0.3 is 5.97 Å². The van der Waals surface area contributed by atoms with Crippen molar-refractivity contribution in [1.82, 2.24) is 14.7 Å². The SMILES string of the molecule is Cc1cc(I)ccc1Nc1c(C(=O)O)cc(S(=O)(=O)NC(c2cccnc2)c2cccnc2)c(F)c1F. The molecule has 0 atom stereocenters. The van der Waals surface area contributed by atoms with Crippen LogP contribution in [-0.4, -0.2) is 29.5 Å². The molecule has 2 aromatic carbocycles. The zero-order valence-corrected chi connectivity index (χ0v) is 22.1. The van der Waals surface area contributed by atoms with E-state index in [1.807, 2.05) is 0 Å². The van der Waals surface area contributed by atoms with Crippen molar-refractivity contribution in [3.63, 3.8) is 0 Å². The van der Waals surface area contributed by atoms with Gasteiger partial charge in [-0.05, 0) is 82.6 Å². The van der Waals surface area contributed by atoms with Gasteiger partial charge in [-0.1, -0.05) is 12.1 Å². The smallest absolute Gasteiger partial charge is 0.337 e. The van der Waals surface area contributed by atoms with E-state index in [0.29, 0.717) is 28.4 Å². The molecule has 4 aromatic rings. The minimum absolute atomic E-state index is 0.336. The zero-order chi connectivity index (χ0) is 26.7. The molecule has 0 radical (unpaired) electrons. The third-order valence-corrected chi connectivity index (χ3v) is 7.54. The second-order valence-corrected chi connectivity index (χ2v) is 10.9. The summed E-state index contributed by atoms with van der Waals surface area (Å²) in [5, 5.41) is 12.3. The number of aromatic carboxylic acids is 1. The van der Waals surface area contributed by atoms with Crippen LogP contribution in [0.2, 0.25) is 0 Å². The number of hydrogen-bond donors (Lipinski definition) is 3. The Kier molecular flexibility index (Phi) is 7.80. The quantitative estimate of drug-likeness (QED) is 0.228. The maximum absolute atomic E-state index is 15.3. The van der Waals surface area contributed by atoms with Crippen molar-refractivity contribution in [1.29, 1.82) is 0 Å². The number of nitrogens with one attached hydrogen (secondary N) is 2. The van der Waals surface area contributed by atoms with E-state index in [2.05, 4.69) is 42.6 Å². The molecule has 0 aliphatic carbocycles.